The second-order valence-electron chi connectivity index (χ2n) is 5.91. The van der Waals surface area contributed by atoms with E-state index in [2.05, 4.69) is 20.3 Å². The third-order valence-corrected chi connectivity index (χ3v) is 3.94. The standard InChI is InChI=1S/C19H17F3N4O/c1-2-13-10-16(23-5-3-11-4-6-24-17(27)7-11)26-19(25-13)12-8-14(20)18(22)15(21)9-12/h4,6-10H,2-3,5H2,1H3,(H,24,27)(H,23,25,26). The predicted octanol–water partition coefficient (Wildman–Crippen LogP) is 3.47. The van der Waals surface area contributed by atoms with Crippen LogP contribution < -0.4 is 10.9 Å². The van der Waals surface area contributed by atoms with Crippen LogP contribution in [0.5, 0.6) is 0 Å². The Kier molecular flexibility index (Phi) is 5.54. The van der Waals surface area contributed by atoms with E-state index < -0.39 is 17.5 Å². The first-order chi connectivity index (χ1) is 13.0. The van der Waals surface area contributed by atoms with Gasteiger partial charge < -0.3 is 10.3 Å². The van der Waals surface area contributed by atoms with Gasteiger partial charge in [-0.25, -0.2) is 23.1 Å². The van der Waals surface area contributed by atoms with E-state index in [-0.39, 0.29) is 16.9 Å². The third kappa shape index (κ3) is 4.52. The Bertz CT molecular complexity index is 997. The number of H-pyrrole nitrogens is 1. The molecule has 3 aromatic rings. The Labute approximate surface area is 153 Å². The molecule has 0 radical (unpaired) electrons. The van der Waals surface area contributed by atoms with Gasteiger partial charge in [0.15, 0.2) is 23.3 Å². The maximum atomic E-state index is 13.5. The summed E-state index contributed by atoms with van der Waals surface area (Å²) in [5.74, 6) is -3.53. The smallest absolute Gasteiger partial charge is 0.248 e. The van der Waals surface area contributed by atoms with Gasteiger partial charge in [0.1, 0.15) is 5.82 Å². The van der Waals surface area contributed by atoms with E-state index in [0.29, 0.717) is 30.9 Å². The number of hydrogen-bond acceptors (Lipinski definition) is 4. The molecule has 0 saturated heterocycles. The fourth-order valence-corrected chi connectivity index (χ4v) is 2.56. The highest BCUT2D eigenvalue weighted by molar-refractivity contribution is 5.58. The van der Waals surface area contributed by atoms with E-state index in [4.69, 9.17) is 0 Å². The number of halogens is 3. The molecule has 2 heterocycles. The van der Waals surface area contributed by atoms with Crippen LogP contribution in [0.15, 0.2) is 41.3 Å². The maximum Gasteiger partial charge on any atom is 0.248 e. The van der Waals surface area contributed by atoms with E-state index in [1.54, 1.807) is 18.3 Å². The van der Waals surface area contributed by atoms with Crippen LogP contribution in [0.4, 0.5) is 19.0 Å². The topological polar surface area (TPSA) is 70.7 Å². The quantitative estimate of drug-likeness (QED) is 0.648. The van der Waals surface area contributed by atoms with Crippen LogP contribution in [0.1, 0.15) is 18.2 Å². The summed E-state index contributed by atoms with van der Waals surface area (Å²) < 4.78 is 40.2. The van der Waals surface area contributed by atoms with Crippen molar-refractivity contribution in [1.29, 1.82) is 0 Å². The van der Waals surface area contributed by atoms with Gasteiger partial charge in [0, 0.05) is 36.1 Å². The summed E-state index contributed by atoms with van der Waals surface area (Å²) in [5, 5.41) is 3.11. The molecule has 0 unspecified atom stereocenters. The minimum absolute atomic E-state index is 0.0549. The Morgan fingerprint density at radius 2 is 1.81 bits per heavy atom. The average Bonchev–Trinajstić information content (AvgIpc) is 2.65. The number of nitrogens with one attached hydrogen (secondary N) is 2. The Balaban J connectivity index is 1.82. The van der Waals surface area contributed by atoms with Crippen LogP contribution in [0.3, 0.4) is 0 Å². The summed E-state index contributed by atoms with van der Waals surface area (Å²) in [4.78, 5) is 22.4. The van der Waals surface area contributed by atoms with Crippen molar-refractivity contribution in [3.63, 3.8) is 0 Å². The van der Waals surface area contributed by atoms with Crippen LogP contribution in [0.25, 0.3) is 11.4 Å². The summed E-state index contributed by atoms with van der Waals surface area (Å²) in [6.07, 6.45) is 2.75. The highest BCUT2D eigenvalue weighted by Crippen LogP contribution is 2.23. The fourth-order valence-electron chi connectivity index (χ4n) is 2.56. The lowest BCUT2D eigenvalue weighted by Gasteiger charge is -2.10. The van der Waals surface area contributed by atoms with Crippen LogP contribution >= 0.6 is 0 Å². The first-order valence-corrected chi connectivity index (χ1v) is 8.40. The Hall–Kier alpha value is -3.16. The normalized spacial score (nSPS) is 10.8. The van der Waals surface area contributed by atoms with Gasteiger partial charge in [-0.05, 0) is 36.6 Å². The molecule has 0 aliphatic rings. The summed E-state index contributed by atoms with van der Waals surface area (Å²) in [6.45, 7) is 2.38. The lowest BCUT2D eigenvalue weighted by molar-refractivity contribution is 0.447. The molecule has 140 valence electrons. The van der Waals surface area contributed by atoms with Crippen molar-refractivity contribution in [3.05, 3.63) is 75.6 Å². The van der Waals surface area contributed by atoms with Crippen LogP contribution in [0.2, 0.25) is 0 Å². The number of benzene rings is 1. The second-order valence-corrected chi connectivity index (χ2v) is 5.91. The summed E-state index contributed by atoms with van der Waals surface area (Å²) in [6, 6.07) is 6.78. The molecule has 5 nitrogen and oxygen atoms in total. The zero-order valence-corrected chi connectivity index (χ0v) is 14.5. The lowest BCUT2D eigenvalue weighted by Crippen LogP contribution is -2.11. The Morgan fingerprint density at radius 1 is 1.07 bits per heavy atom. The molecule has 3 rings (SSSR count). The molecule has 1 aromatic carbocycles. The third-order valence-electron chi connectivity index (χ3n) is 3.94. The van der Waals surface area contributed by atoms with Gasteiger partial charge in [0.25, 0.3) is 0 Å². The van der Waals surface area contributed by atoms with Gasteiger partial charge in [0.05, 0.1) is 0 Å². The number of nitrogens with zero attached hydrogens (tertiary/aromatic N) is 2. The van der Waals surface area contributed by atoms with Crippen LogP contribution in [-0.4, -0.2) is 21.5 Å². The van der Waals surface area contributed by atoms with Gasteiger partial charge in [-0.3, -0.25) is 4.79 Å². The van der Waals surface area contributed by atoms with Crippen molar-refractivity contribution < 1.29 is 13.2 Å². The number of aromatic nitrogens is 3. The highest BCUT2D eigenvalue weighted by atomic mass is 19.2. The van der Waals surface area contributed by atoms with E-state index in [1.165, 1.54) is 6.07 Å². The molecule has 2 N–H and O–H groups in total. The predicted molar refractivity (Wildman–Crippen MR) is 96.0 cm³/mol. The minimum atomic E-state index is -1.53. The molecule has 8 heteroatoms. The number of rotatable bonds is 6. The van der Waals surface area contributed by atoms with E-state index in [1.807, 2.05) is 6.92 Å². The molecule has 0 aliphatic heterocycles. The van der Waals surface area contributed by atoms with Crippen molar-refractivity contribution in [2.24, 2.45) is 0 Å². The van der Waals surface area contributed by atoms with E-state index >= 15 is 0 Å². The zero-order chi connectivity index (χ0) is 19.4. The van der Waals surface area contributed by atoms with Gasteiger partial charge in [-0.15, -0.1) is 0 Å². The van der Waals surface area contributed by atoms with E-state index in [0.717, 1.165) is 17.7 Å². The fraction of sp³-hybridized carbons (Fsp3) is 0.211. The molecule has 27 heavy (non-hydrogen) atoms. The van der Waals surface area contributed by atoms with Crippen molar-refractivity contribution in [1.82, 2.24) is 15.0 Å². The van der Waals surface area contributed by atoms with Gasteiger partial charge in [0.2, 0.25) is 5.56 Å². The number of aromatic amines is 1. The zero-order valence-electron chi connectivity index (χ0n) is 14.5. The molecule has 0 spiro atoms. The SMILES string of the molecule is CCc1cc(NCCc2cc[nH]c(=O)c2)nc(-c2cc(F)c(F)c(F)c2)n1. The van der Waals surface area contributed by atoms with Gasteiger partial charge >= 0.3 is 0 Å². The molecule has 0 amide bonds. The molecule has 0 saturated carbocycles. The average molecular weight is 374 g/mol. The molecular weight excluding hydrogens is 357 g/mol. The number of pyridine rings is 1. The number of hydrogen-bond donors (Lipinski definition) is 2. The molecule has 0 bridgehead atoms. The summed E-state index contributed by atoms with van der Waals surface area (Å²) >= 11 is 0. The second kappa shape index (κ2) is 8.03. The van der Waals surface area contributed by atoms with Crippen molar-refractivity contribution >= 4 is 5.82 Å². The first-order valence-electron chi connectivity index (χ1n) is 8.40. The van der Waals surface area contributed by atoms with Gasteiger partial charge in [-0.2, -0.15) is 0 Å². The summed E-state index contributed by atoms with van der Waals surface area (Å²) in [7, 11) is 0. The molecule has 2 aromatic heterocycles. The maximum absolute atomic E-state index is 13.5. The van der Waals surface area contributed by atoms with E-state index in [9.17, 15) is 18.0 Å². The lowest BCUT2D eigenvalue weighted by atomic mass is 10.1. The van der Waals surface area contributed by atoms with Gasteiger partial charge in [-0.1, -0.05) is 6.92 Å². The molecule has 0 atom stereocenters. The van der Waals surface area contributed by atoms with Crippen LogP contribution in [-0.2, 0) is 12.8 Å². The molecule has 0 fully saturated rings. The largest absolute Gasteiger partial charge is 0.370 e. The molecular formula is C19H17F3N4O. The number of aryl methyl sites for hydroxylation is 1. The number of anilines is 1. The van der Waals surface area contributed by atoms with Crippen molar-refractivity contribution in [2.75, 3.05) is 11.9 Å². The monoisotopic (exact) mass is 374 g/mol. The first kappa shape index (κ1) is 18.6. The van der Waals surface area contributed by atoms with Crippen molar-refractivity contribution in [3.8, 4) is 11.4 Å². The minimum Gasteiger partial charge on any atom is -0.370 e. The highest BCUT2D eigenvalue weighted by Gasteiger charge is 2.14. The van der Waals surface area contributed by atoms with Crippen molar-refractivity contribution in [2.45, 2.75) is 19.8 Å². The Morgan fingerprint density at radius 3 is 2.48 bits per heavy atom. The van der Waals surface area contributed by atoms with Crippen LogP contribution in [0, 0.1) is 17.5 Å². The summed E-state index contributed by atoms with van der Waals surface area (Å²) in [5.41, 5.74) is 1.41. The molecule has 0 aliphatic carbocycles.